The van der Waals surface area contributed by atoms with Gasteiger partial charge in [0.25, 0.3) is 0 Å². The zero-order chi connectivity index (χ0) is 14.9. The van der Waals surface area contributed by atoms with Gasteiger partial charge in [0.1, 0.15) is 5.75 Å². The highest BCUT2D eigenvalue weighted by Crippen LogP contribution is 2.40. The quantitative estimate of drug-likeness (QED) is 0.915. The van der Waals surface area contributed by atoms with E-state index in [9.17, 15) is 14.7 Å². The van der Waals surface area contributed by atoms with Crippen LogP contribution in [-0.2, 0) is 9.59 Å². The lowest BCUT2D eigenvalue weighted by Crippen LogP contribution is -2.36. The maximum atomic E-state index is 12.1. The molecular weight excluding hydrogens is 258 g/mol. The van der Waals surface area contributed by atoms with E-state index in [-0.39, 0.29) is 18.4 Å². The second kappa shape index (κ2) is 5.53. The van der Waals surface area contributed by atoms with E-state index in [1.165, 1.54) is 0 Å². The van der Waals surface area contributed by atoms with Gasteiger partial charge in [0, 0.05) is 12.5 Å². The molecule has 0 unspecified atom stereocenters. The van der Waals surface area contributed by atoms with Crippen molar-refractivity contribution < 1.29 is 19.4 Å². The Bertz CT molecular complexity index is 509. The lowest BCUT2D eigenvalue weighted by atomic mass is 9.93. The van der Waals surface area contributed by atoms with Crippen LogP contribution in [0.15, 0.2) is 24.3 Å². The molecule has 20 heavy (non-hydrogen) atoms. The highest BCUT2D eigenvalue weighted by molar-refractivity contribution is 5.87. The van der Waals surface area contributed by atoms with Crippen molar-refractivity contribution in [3.05, 3.63) is 29.8 Å². The van der Waals surface area contributed by atoms with Crippen LogP contribution in [0.25, 0.3) is 0 Å². The van der Waals surface area contributed by atoms with Gasteiger partial charge in [-0.15, -0.1) is 0 Å². The number of aliphatic carboxylic acids is 1. The average molecular weight is 277 g/mol. The van der Waals surface area contributed by atoms with E-state index >= 15 is 0 Å². The first-order chi connectivity index (χ1) is 9.45. The van der Waals surface area contributed by atoms with E-state index in [4.69, 9.17) is 4.74 Å². The number of ether oxygens (including phenoxy) is 1. The van der Waals surface area contributed by atoms with Crippen LogP contribution in [0.4, 0.5) is 0 Å². The van der Waals surface area contributed by atoms with E-state index in [0.717, 1.165) is 5.56 Å². The van der Waals surface area contributed by atoms with Crippen LogP contribution in [0, 0.1) is 5.92 Å². The normalized spacial score (nSPS) is 22.4. The Hall–Kier alpha value is -2.04. The summed E-state index contributed by atoms with van der Waals surface area (Å²) in [4.78, 5) is 25.2. The molecule has 1 amide bonds. The van der Waals surface area contributed by atoms with Crippen LogP contribution in [0.5, 0.6) is 5.75 Å². The van der Waals surface area contributed by atoms with Crippen molar-refractivity contribution in [2.24, 2.45) is 5.92 Å². The van der Waals surface area contributed by atoms with Gasteiger partial charge in [0.2, 0.25) is 5.91 Å². The molecule has 108 valence electrons. The molecule has 1 saturated heterocycles. The summed E-state index contributed by atoms with van der Waals surface area (Å²) in [7, 11) is 1.58. The predicted octanol–water partition coefficient (Wildman–Crippen LogP) is 2.08. The highest BCUT2D eigenvalue weighted by atomic mass is 16.5. The average Bonchev–Trinajstić information content (AvgIpc) is 2.76. The summed E-state index contributed by atoms with van der Waals surface area (Å²) < 4.78 is 5.10. The van der Waals surface area contributed by atoms with Crippen molar-refractivity contribution >= 4 is 11.9 Å². The Morgan fingerprint density at radius 1 is 1.35 bits per heavy atom. The summed E-state index contributed by atoms with van der Waals surface area (Å²) >= 11 is 0. The summed E-state index contributed by atoms with van der Waals surface area (Å²) in [6.07, 6.45) is 0.0597. The third-order valence-corrected chi connectivity index (χ3v) is 3.69. The van der Waals surface area contributed by atoms with E-state index < -0.39 is 17.9 Å². The summed E-state index contributed by atoms with van der Waals surface area (Å²) in [6.45, 7) is 3.80. The molecule has 0 bridgehead atoms. The molecule has 1 aromatic rings. The zero-order valence-corrected chi connectivity index (χ0v) is 11.9. The van der Waals surface area contributed by atoms with Gasteiger partial charge in [-0.3, -0.25) is 9.59 Å². The van der Waals surface area contributed by atoms with Gasteiger partial charge < -0.3 is 14.7 Å². The number of methoxy groups -OCH3 is 1. The van der Waals surface area contributed by atoms with Crippen LogP contribution in [0.2, 0.25) is 0 Å². The number of nitrogens with zero attached hydrogens (tertiary/aromatic N) is 1. The van der Waals surface area contributed by atoms with Gasteiger partial charge >= 0.3 is 5.97 Å². The maximum Gasteiger partial charge on any atom is 0.309 e. The maximum absolute atomic E-state index is 12.1. The number of benzene rings is 1. The molecule has 2 atom stereocenters. The first-order valence-corrected chi connectivity index (χ1v) is 6.63. The summed E-state index contributed by atoms with van der Waals surface area (Å²) in [5, 5.41) is 9.36. The Balaban J connectivity index is 2.40. The lowest BCUT2D eigenvalue weighted by molar-refractivity contribution is -0.142. The number of rotatable bonds is 4. The Morgan fingerprint density at radius 2 is 1.95 bits per heavy atom. The molecule has 1 fully saturated rings. The number of carboxylic acids is 1. The number of likely N-dealkylation sites (tertiary alicyclic amines) is 1. The molecule has 1 aromatic carbocycles. The second-order valence-corrected chi connectivity index (χ2v) is 5.26. The minimum Gasteiger partial charge on any atom is -0.497 e. The van der Waals surface area contributed by atoms with Crippen molar-refractivity contribution in [1.82, 2.24) is 4.90 Å². The predicted molar refractivity (Wildman–Crippen MR) is 73.5 cm³/mol. The molecule has 5 nitrogen and oxygen atoms in total. The molecule has 0 radical (unpaired) electrons. The fourth-order valence-electron chi connectivity index (χ4n) is 2.78. The van der Waals surface area contributed by atoms with Gasteiger partial charge in [0.15, 0.2) is 0 Å². The van der Waals surface area contributed by atoms with E-state index in [1.54, 1.807) is 24.1 Å². The fraction of sp³-hybridized carbons (Fsp3) is 0.467. The standard InChI is InChI=1S/C15H19NO4/c1-9(2)16-13(17)8-12(15(18)19)14(16)10-4-6-11(20-3)7-5-10/h4-7,9,12,14H,8H2,1-3H3,(H,18,19)/t12-,14+/m1/s1. The highest BCUT2D eigenvalue weighted by Gasteiger charge is 2.45. The minimum atomic E-state index is -0.928. The lowest BCUT2D eigenvalue weighted by Gasteiger charge is -2.30. The zero-order valence-electron chi connectivity index (χ0n) is 11.9. The molecule has 0 saturated carbocycles. The van der Waals surface area contributed by atoms with Crippen molar-refractivity contribution in [1.29, 1.82) is 0 Å². The molecule has 1 N–H and O–H groups in total. The molecule has 2 rings (SSSR count). The van der Waals surface area contributed by atoms with Crippen LogP contribution in [0.3, 0.4) is 0 Å². The minimum absolute atomic E-state index is 0.0287. The van der Waals surface area contributed by atoms with Gasteiger partial charge in [-0.25, -0.2) is 0 Å². The molecule has 1 heterocycles. The largest absolute Gasteiger partial charge is 0.497 e. The van der Waals surface area contributed by atoms with Crippen molar-refractivity contribution in [3.63, 3.8) is 0 Å². The molecule has 5 heteroatoms. The molecular formula is C15H19NO4. The first-order valence-electron chi connectivity index (χ1n) is 6.63. The van der Waals surface area contributed by atoms with Gasteiger partial charge in [-0.2, -0.15) is 0 Å². The van der Waals surface area contributed by atoms with Crippen molar-refractivity contribution in [2.75, 3.05) is 7.11 Å². The number of carbonyl (C=O) groups is 2. The summed E-state index contributed by atoms with van der Waals surface area (Å²) in [6, 6.07) is 6.79. The number of hydrogen-bond acceptors (Lipinski definition) is 3. The van der Waals surface area contributed by atoms with Crippen LogP contribution >= 0.6 is 0 Å². The van der Waals surface area contributed by atoms with Gasteiger partial charge in [0.05, 0.1) is 19.1 Å². The number of amides is 1. The third kappa shape index (κ3) is 2.48. The first kappa shape index (κ1) is 14.4. The number of carboxylic acid groups (broad SMARTS) is 1. The van der Waals surface area contributed by atoms with Gasteiger partial charge in [-0.1, -0.05) is 12.1 Å². The van der Waals surface area contributed by atoms with E-state index in [0.29, 0.717) is 5.75 Å². The Labute approximate surface area is 118 Å². The number of hydrogen-bond donors (Lipinski definition) is 1. The smallest absolute Gasteiger partial charge is 0.309 e. The molecule has 0 aliphatic carbocycles. The summed E-state index contributed by atoms with van der Waals surface area (Å²) in [5.41, 5.74) is 0.831. The SMILES string of the molecule is COc1ccc([C@H]2[C@H](C(=O)O)CC(=O)N2C(C)C)cc1. The van der Waals surface area contributed by atoms with Crippen LogP contribution in [-0.4, -0.2) is 35.0 Å². The third-order valence-electron chi connectivity index (χ3n) is 3.69. The second-order valence-electron chi connectivity index (χ2n) is 5.26. The van der Waals surface area contributed by atoms with Crippen LogP contribution in [0.1, 0.15) is 31.9 Å². The molecule has 1 aliphatic heterocycles. The van der Waals surface area contributed by atoms with Crippen molar-refractivity contribution in [3.8, 4) is 5.75 Å². The van der Waals surface area contributed by atoms with Crippen molar-refractivity contribution in [2.45, 2.75) is 32.4 Å². The van der Waals surface area contributed by atoms with E-state index in [1.807, 2.05) is 26.0 Å². The van der Waals surface area contributed by atoms with E-state index in [2.05, 4.69) is 0 Å². The molecule has 0 spiro atoms. The van der Waals surface area contributed by atoms with Gasteiger partial charge in [-0.05, 0) is 31.5 Å². The summed E-state index contributed by atoms with van der Waals surface area (Å²) in [5.74, 6) is -1.02. The topological polar surface area (TPSA) is 66.8 Å². The monoisotopic (exact) mass is 277 g/mol. The molecule has 0 aromatic heterocycles. The van der Waals surface area contributed by atoms with Crippen LogP contribution < -0.4 is 4.74 Å². The number of carbonyl (C=O) groups excluding carboxylic acids is 1. The molecule has 1 aliphatic rings. The Morgan fingerprint density at radius 3 is 2.40 bits per heavy atom. The Kier molecular flexibility index (Phi) is 3.97. The fourth-order valence-corrected chi connectivity index (χ4v) is 2.78.